The summed E-state index contributed by atoms with van der Waals surface area (Å²) in [4.78, 5) is 24.4. The molecule has 8 heteroatoms. The van der Waals surface area contributed by atoms with Crippen LogP contribution in [0, 0.1) is 16.4 Å². The zero-order valence-corrected chi connectivity index (χ0v) is 25.1. The zero-order valence-electron chi connectivity index (χ0n) is 22.1. The van der Waals surface area contributed by atoms with Crippen molar-refractivity contribution in [1.29, 1.82) is 0 Å². The van der Waals surface area contributed by atoms with Gasteiger partial charge in [0.25, 0.3) is 5.91 Å². The highest BCUT2D eigenvalue weighted by molar-refractivity contribution is 14.1. The number of carbonyl (C=O) groups excluding carboxylic acids is 1. The second kappa shape index (κ2) is 11.5. The van der Waals surface area contributed by atoms with Gasteiger partial charge >= 0.3 is 5.97 Å². The normalized spacial score (nSPS) is 17.2. The number of allylic oxidation sites excluding steroid dienone is 3. The SMILES string of the molecule is Cc1c(CC2=CC(O[C@@H](C)C(=O)O)=C(Cl)C(C)C2)c2ccc(C(=O)N[C@@H](C)c3cccc(I)c3)cc2n1C. The molecule has 3 aromatic rings. The average molecular weight is 647 g/mol. The van der Waals surface area contributed by atoms with Gasteiger partial charge in [-0.25, -0.2) is 4.79 Å². The number of carboxylic acid groups (broad SMARTS) is 1. The van der Waals surface area contributed by atoms with Gasteiger partial charge in [0.1, 0.15) is 5.76 Å². The topological polar surface area (TPSA) is 80.6 Å². The summed E-state index contributed by atoms with van der Waals surface area (Å²) in [7, 11) is 2.01. The number of carboxylic acids is 1. The van der Waals surface area contributed by atoms with Crippen LogP contribution in [0.2, 0.25) is 0 Å². The van der Waals surface area contributed by atoms with Crippen molar-refractivity contribution < 1.29 is 19.4 Å². The van der Waals surface area contributed by atoms with E-state index in [1.54, 1.807) is 0 Å². The van der Waals surface area contributed by atoms with Gasteiger partial charge in [-0.2, -0.15) is 0 Å². The van der Waals surface area contributed by atoms with Crippen molar-refractivity contribution in [1.82, 2.24) is 9.88 Å². The van der Waals surface area contributed by atoms with E-state index < -0.39 is 12.1 Å². The molecule has 1 aromatic heterocycles. The second-order valence-corrected chi connectivity index (χ2v) is 11.7. The van der Waals surface area contributed by atoms with Gasteiger partial charge < -0.3 is 19.7 Å². The summed E-state index contributed by atoms with van der Waals surface area (Å²) in [5, 5.41) is 14.0. The molecule has 2 aromatic carbocycles. The van der Waals surface area contributed by atoms with Gasteiger partial charge in [0.15, 0.2) is 6.10 Å². The van der Waals surface area contributed by atoms with Crippen LogP contribution in [0.1, 0.15) is 60.4 Å². The van der Waals surface area contributed by atoms with Crippen LogP contribution in [0.4, 0.5) is 0 Å². The fourth-order valence-electron chi connectivity index (χ4n) is 4.87. The van der Waals surface area contributed by atoms with Crippen molar-refractivity contribution >= 4 is 57.0 Å². The molecular weight excluding hydrogens is 615 g/mol. The highest BCUT2D eigenvalue weighted by atomic mass is 127. The number of nitrogens with one attached hydrogen (secondary N) is 1. The van der Waals surface area contributed by atoms with E-state index in [1.807, 2.05) is 63.4 Å². The van der Waals surface area contributed by atoms with Crippen molar-refractivity contribution in [2.24, 2.45) is 13.0 Å². The lowest BCUT2D eigenvalue weighted by Crippen LogP contribution is -2.26. The van der Waals surface area contributed by atoms with Crippen molar-refractivity contribution in [2.45, 2.75) is 52.7 Å². The van der Waals surface area contributed by atoms with Gasteiger partial charge in [0.05, 0.1) is 11.1 Å². The van der Waals surface area contributed by atoms with Gasteiger partial charge in [0.2, 0.25) is 0 Å². The number of ether oxygens (including phenoxy) is 1. The van der Waals surface area contributed by atoms with Crippen LogP contribution in [-0.2, 0) is 23.0 Å². The van der Waals surface area contributed by atoms with E-state index in [0.29, 0.717) is 22.8 Å². The maximum atomic E-state index is 13.1. The Balaban J connectivity index is 1.59. The predicted octanol–water partition coefficient (Wildman–Crippen LogP) is 7.03. The molecule has 1 aliphatic carbocycles. The van der Waals surface area contributed by atoms with E-state index >= 15 is 0 Å². The summed E-state index contributed by atoms with van der Waals surface area (Å²) in [6.45, 7) is 7.58. The second-order valence-electron chi connectivity index (χ2n) is 10.0. The molecule has 6 nitrogen and oxygen atoms in total. The first-order valence-electron chi connectivity index (χ1n) is 12.6. The van der Waals surface area contributed by atoms with Gasteiger partial charge in [0, 0.05) is 32.8 Å². The molecule has 1 aliphatic rings. The molecule has 0 spiro atoms. The first-order chi connectivity index (χ1) is 18.0. The number of amides is 1. The summed E-state index contributed by atoms with van der Waals surface area (Å²) < 4.78 is 8.90. The molecule has 0 radical (unpaired) electrons. The van der Waals surface area contributed by atoms with E-state index in [2.05, 4.69) is 45.5 Å². The standard InChI is InChI=1S/C30H32ClIN2O4/c1-16-11-20(13-27(28(16)31)38-19(4)30(36)37)12-25-18(3)34(5)26-15-22(9-10-24(25)26)29(35)33-17(2)21-7-6-8-23(32)14-21/h6-10,13-17,19H,11-12H2,1-5H3,(H,33,35)(H,36,37)/t16?,17-,19-/m0/s1. The Morgan fingerprint density at radius 3 is 2.66 bits per heavy atom. The fourth-order valence-corrected chi connectivity index (χ4v) is 5.61. The van der Waals surface area contributed by atoms with Crippen LogP contribution < -0.4 is 5.32 Å². The summed E-state index contributed by atoms with van der Waals surface area (Å²) in [6.07, 6.45) is 2.34. The first-order valence-corrected chi connectivity index (χ1v) is 14.0. The minimum absolute atomic E-state index is 0.0353. The van der Waals surface area contributed by atoms with Crippen LogP contribution in [0.15, 0.2) is 64.9 Å². The summed E-state index contributed by atoms with van der Waals surface area (Å²) in [6, 6.07) is 13.8. The summed E-state index contributed by atoms with van der Waals surface area (Å²) >= 11 is 8.76. The molecule has 0 aliphatic heterocycles. The minimum Gasteiger partial charge on any atom is -0.479 e. The van der Waals surface area contributed by atoms with Crippen LogP contribution in [0.5, 0.6) is 0 Å². The number of hydrogen-bond donors (Lipinski definition) is 2. The van der Waals surface area contributed by atoms with Crippen molar-refractivity contribution in [2.75, 3.05) is 0 Å². The molecule has 2 N–H and O–H groups in total. The largest absolute Gasteiger partial charge is 0.479 e. The Hall–Kier alpha value is -2.78. The monoisotopic (exact) mass is 646 g/mol. The maximum absolute atomic E-state index is 13.1. The van der Waals surface area contributed by atoms with E-state index in [0.717, 1.165) is 37.7 Å². The van der Waals surface area contributed by atoms with Crippen LogP contribution in [-0.4, -0.2) is 27.7 Å². The van der Waals surface area contributed by atoms with E-state index in [4.69, 9.17) is 16.3 Å². The molecule has 1 unspecified atom stereocenters. The lowest BCUT2D eigenvalue weighted by molar-refractivity contribution is -0.146. The van der Waals surface area contributed by atoms with Gasteiger partial charge in [-0.1, -0.05) is 42.3 Å². The number of aliphatic carboxylic acids is 1. The van der Waals surface area contributed by atoms with E-state index in [1.165, 1.54) is 12.5 Å². The van der Waals surface area contributed by atoms with Gasteiger partial charge in [-0.05, 0) is 104 Å². The fraction of sp³-hybridized carbons (Fsp3) is 0.333. The quantitative estimate of drug-likeness (QED) is 0.258. The molecule has 4 rings (SSSR count). The molecule has 38 heavy (non-hydrogen) atoms. The summed E-state index contributed by atoms with van der Waals surface area (Å²) in [5.74, 6) is -0.688. The Morgan fingerprint density at radius 1 is 1.24 bits per heavy atom. The third kappa shape index (κ3) is 5.94. The highest BCUT2D eigenvalue weighted by Crippen LogP contribution is 2.36. The summed E-state index contributed by atoms with van der Waals surface area (Å²) in [5.41, 5.74) is 6.07. The third-order valence-electron chi connectivity index (χ3n) is 7.21. The van der Waals surface area contributed by atoms with Crippen molar-refractivity contribution in [3.8, 4) is 0 Å². The number of nitrogens with zero attached hydrogens (tertiary/aromatic N) is 1. The Morgan fingerprint density at radius 2 is 1.97 bits per heavy atom. The minimum atomic E-state index is -1.03. The number of aromatic nitrogens is 1. The highest BCUT2D eigenvalue weighted by Gasteiger charge is 2.25. The number of carbonyl (C=O) groups is 2. The van der Waals surface area contributed by atoms with Gasteiger partial charge in [-0.15, -0.1) is 0 Å². The molecule has 200 valence electrons. The van der Waals surface area contributed by atoms with Crippen molar-refractivity contribution in [3.05, 3.63) is 90.9 Å². The smallest absolute Gasteiger partial charge is 0.344 e. The van der Waals surface area contributed by atoms with Crippen LogP contribution >= 0.6 is 34.2 Å². The Labute approximate surface area is 241 Å². The lowest BCUT2D eigenvalue weighted by Gasteiger charge is -2.24. The number of hydrogen-bond acceptors (Lipinski definition) is 3. The Bertz CT molecular complexity index is 1470. The first kappa shape index (κ1) is 28.2. The molecule has 0 saturated heterocycles. The number of halogens is 2. The molecule has 1 heterocycles. The molecule has 1 amide bonds. The maximum Gasteiger partial charge on any atom is 0.344 e. The molecular formula is C30H32ClIN2O4. The number of aryl methyl sites for hydroxylation is 1. The molecule has 3 atom stereocenters. The van der Waals surface area contributed by atoms with Crippen molar-refractivity contribution in [3.63, 3.8) is 0 Å². The van der Waals surface area contributed by atoms with E-state index in [-0.39, 0.29) is 17.9 Å². The molecule has 0 fully saturated rings. The number of rotatable bonds is 8. The zero-order chi connectivity index (χ0) is 27.7. The van der Waals surface area contributed by atoms with Gasteiger partial charge in [-0.3, -0.25) is 4.79 Å². The number of benzene rings is 2. The van der Waals surface area contributed by atoms with E-state index in [9.17, 15) is 14.7 Å². The lowest BCUT2D eigenvalue weighted by atomic mass is 9.89. The Kier molecular flexibility index (Phi) is 8.57. The molecule has 0 saturated carbocycles. The predicted molar refractivity (Wildman–Crippen MR) is 159 cm³/mol. The average Bonchev–Trinajstić information content (AvgIpc) is 3.11. The molecule has 0 bridgehead atoms. The third-order valence-corrected chi connectivity index (χ3v) is 8.44. The van der Waals surface area contributed by atoms with Crippen LogP contribution in [0.25, 0.3) is 10.9 Å². The number of fused-ring (bicyclic) bond motifs is 1. The van der Waals surface area contributed by atoms with Crippen LogP contribution in [0.3, 0.4) is 0 Å².